The fraction of sp³-hybridized carbons (Fsp3) is 0.269. The zero-order valence-electron chi connectivity index (χ0n) is 19.2. The van der Waals surface area contributed by atoms with Crippen molar-refractivity contribution in [2.24, 2.45) is 5.92 Å². The maximum atomic E-state index is 13.6. The van der Waals surface area contributed by atoms with Gasteiger partial charge in [-0.15, -0.1) is 11.3 Å². The number of anilines is 1. The Labute approximate surface area is 205 Å². The van der Waals surface area contributed by atoms with E-state index < -0.39 is 0 Å². The van der Waals surface area contributed by atoms with Gasteiger partial charge in [-0.25, -0.2) is 13.9 Å². The molecule has 1 amide bonds. The molecule has 1 atom stereocenters. The van der Waals surface area contributed by atoms with Crippen molar-refractivity contribution >= 4 is 33.4 Å². The topological polar surface area (TPSA) is 76.5 Å². The number of methoxy groups -OCH3 is 1. The molecule has 1 aliphatic rings. The smallest absolute Gasteiger partial charge is 0.277 e. The van der Waals surface area contributed by atoms with Gasteiger partial charge in [-0.2, -0.15) is 0 Å². The van der Waals surface area contributed by atoms with Crippen LogP contribution < -0.4 is 20.5 Å². The first-order chi connectivity index (χ1) is 17.0. The van der Waals surface area contributed by atoms with Crippen molar-refractivity contribution in [3.63, 3.8) is 0 Å². The summed E-state index contributed by atoms with van der Waals surface area (Å²) in [6, 6.07) is 15.2. The quantitative estimate of drug-likeness (QED) is 0.438. The van der Waals surface area contributed by atoms with E-state index in [-0.39, 0.29) is 23.2 Å². The normalized spacial score (nSPS) is 15.8. The van der Waals surface area contributed by atoms with Gasteiger partial charge in [0.25, 0.3) is 5.56 Å². The van der Waals surface area contributed by atoms with Crippen molar-refractivity contribution in [3.05, 3.63) is 81.7 Å². The van der Waals surface area contributed by atoms with Gasteiger partial charge in [0.05, 0.1) is 24.2 Å². The molecule has 2 aromatic carbocycles. The lowest BCUT2D eigenvalue weighted by Gasteiger charge is -2.34. The second kappa shape index (κ2) is 9.87. The van der Waals surface area contributed by atoms with Crippen LogP contribution in [0.2, 0.25) is 0 Å². The molecule has 0 saturated carbocycles. The highest BCUT2D eigenvalue weighted by Gasteiger charge is 2.29. The van der Waals surface area contributed by atoms with Gasteiger partial charge in [0.15, 0.2) is 0 Å². The van der Waals surface area contributed by atoms with Crippen LogP contribution in [0.5, 0.6) is 5.75 Å². The van der Waals surface area contributed by atoms with Crippen molar-refractivity contribution in [3.8, 4) is 11.4 Å². The maximum Gasteiger partial charge on any atom is 0.277 e. The number of amides is 1. The first-order valence-corrected chi connectivity index (χ1v) is 12.3. The molecule has 1 saturated heterocycles. The number of carbonyl (C=O) groups is 1. The highest BCUT2D eigenvalue weighted by molar-refractivity contribution is 7.17. The minimum Gasteiger partial charge on any atom is -0.497 e. The largest absolute Gasteiger partial charge is 0.497 e. The number of hydrogen-bond acceptors (Lipinski definition) is 6. The van der Waals surface area contributed by atoms with E-state index in [9.17, 15) is 14.0 Å². The van der Waals surface area contributed by atoms with Crippen LogP contribution in [-0.4, -0.2) is 35.7 Å². The average molecular weight is 493 g/mol. The minimum atomic E-state index is -0.375. The van der Waals surface area contributed by atoms with Gasteiger partial charge in [-0.1, -0.05) is 12.1 Å². The number of hydrogen-bond donors (Lipinski definition) is 1. The first-order valence-electron chi connectivity index (χ1n) is 11.5. The number of thiophene rings is 1. The van der Waals surface area contributed by atoms with Crippen LogP contribution in [0.15, 0.2) is 64.8 Å². The fourth-order valence-electron chi connectivity index (χ4n) is 4.39. The molecule has 1 unspecified atom stereocenters. The summed E-state index contributed by atoms with van der Waals surface area (Å²) in [7, 11) is 1.62. The number of aromatic nitrogens is 2. The third-order valence-electron chi connectivity index (χ3n) is 6.25. The summed E-state index contributed by atoms with van der Waals surface area (Å²) in [4.78, 5) is 33.2. The molecule has 1 aliphatic heterocycles. The van der Waals surface area contributed by atoms with Crippen LogP contribution in [0.1, 0.15) is 18.4 Å². The molecule has 0 spiro atoms. The molecule has 1 N–H and O–H groups in total. The molecule has 2 aromatic heterocycles. The number of carbonyl (C=O) groups excluding carboxylic acids is 1. The van der Waals surface area contributed by atoms with Gasteiger partial charge >= 0.3 is 0 Å². The molecular formula is C26H25FN4O3S. The van der Waals surface area contributed by atoms with E-state index in [4.69, 9.17) is 9.72 Å². The number of rotatable bonds is 6. The van der Waals surface area contributed by atoms with Crippen molar-refractivity contribution in [2.45, 2.75) is 19.4 Å². The molecule has 35 heavy (non-hydrogen) atoms. The van der Waals surface area contributed by atoms with Crippen molar-refractivity contribution in [1.29, 1.82) is 0 Å². The number of ether oxygens (including phenoxy) is 1. The molecule has 5 rings (SSSR count). The van der Waals surface area contributed by atoms with Gasteiger partial charge < -0.3 is 15.0 Å². The number of nitrogens with zero attached hydrogens (tertiary/aromatic N) is 3. The van der Waals surface area contributed by atoms with Gasteiger partial charge in [0, 0.05) is 19.6 Å². The standard InChI is InChI=1S/C26H25FN4O3S/c1-34-21-10-4-17(5-11-21)15-28-24(32)18-3-2-13-30(16-18)26-29-22-12-14-35-23(22)25(33)31(26)20-8-6-19(27)7-9-20/h4-12,14,18H,2-3,13,15-16H2,1H3,(H,28,32). The summed E-state index contributed by atoms with van der Waals surface area (Å²) in [6.07, 6.45) is 1.55. The van der Waals surface area contributed by atoms with E-state index in [2.05, 4.69) is 5.32 Å². The number of fused-ring (bicyclic) bond motifs is 1. The van der Waals surface area contributed by atoms with E-state index in [0.717, 1.165) is 24.2 Å². The summed E-state index contributed by atoms with van der Waals surface area (Å²) in [6.45, 7) is 1.54. The van der Waals surface area contributed by atoms with E-state index in [1.54, 1.807) is 19.2 Å². The van der Waals surface area contributed by atoms with E-state index in [1.165, 1.54) is 28.0 Å². The SMILES string of the molecule is COc1ccc(CNC(=O)C2CCCN(c3nc4ccsc4c(=O)n3-c3ccc(F)cc3)C2)cc1. The predicted molar refractivity (Wildman–Crippen MR) is 135 cm³/mol. The molecular weight excluding hydrogens is 467 g/mol. The summed E-state index contributed by atoms with van der Waals surface area (Å²) >= 11 is 1.33. The van der Waals surface area contributed by atoms with Gasteiger partial charge in [-0.3, -0.25) is 9.59 Å². The highest BCUT2D eigenvalue weighted by Crippen LogP contribution is 2.27. The molecule has 1 fully saturated rings. The Hall–Kier alpha value is -3.72. The third kappa shape index (κ3) is 4.77. The van der Waals surface area contributed by atoms with Crippen molar-refractivity contribution in [1.82, 2.24) is 14.9 Å². The van der Waals surface area contributed by atoms with Crippen LogP contribution >= 0.6 is 11.3 Å². The van der Waals surface area contributed by atoms with Gasteiger partial charge in [0.2, 0.25) is 11.9 Å². The molecule has 4 aromatic rings. The Morgan fingerprint density at radius 2 is 1.94 bits per heavy atom. The molecule has 0 bridgehead atoms. The molecule has 7 nitrogen and oxygen atoms in total. The Morgan fingerprint density at radius 3 is 2.69 bits per heavy atom. The Bertz CT molecular complexity index is 1400. The monoisotopic (exact) mass is 492 g/mol. The molecule has 0 aliphatic carbocycles. The molecule has 180 valence electrons. The van der Waals surface area contributed by atoms with Crippen molar-refractivity contribution < 1.29 is 13.9 Å². The summed E-state index contributed by atoms with van der Waals surface area (Å²) in [5.74, 6) is 0.599. The molecule has 3 heterocycles. The predicted octanol–water partition coefficient (Wildman–Crippen LogP) is 4.13. The number of piperidine rings is 1. The van der Waals surface area contributed by atoms with Crippen LogP contribution in [-0.2, 0) is 11.3 Å². The third-order valence-corrected chi connectivity index (χ3v) is 7.14. The van der Waals surface area contributed by atoms with E-state index in [1.807, 2.05) is 40.6 Å². The Morgan fingerprint density at radius 1 is 1.17 bits per heavy atom. The zero-order chi connectivity index (χ0) is 24.4. The lowest BCUT2D eigenvalue weighted by Crippen LogP contribution is -2.45. The van der Waals surface area contributed by atoms with E-state index >= 15 is 0 Å². The van der Waals surface area contributed by atoms with Crippen molar-refractivity contribution in [2.75, 3.05) is 25.1 Å². The van der Waals surface area contributed by atoms with Gasteiger partial charge in [0.1, 0.15) is 16.3 Å². The van der Waals surface area contributed by atoms with E-state index in [0.29, 0.717) is 41.5 Å². The summed E-state index contributed by atoms with van der Waals surface area (Å²) < 4.78 is 20.8. The number of halogens is 1. The number of benzene rings is 2. The maximum absolute atomic E-state index is 13.6. The Balaban J connectivity index is 1.39. The molecule has 0 radical (unpaired) electrons. The fourth-order valence-corrected chi connectivity index (χ4v) is 5.14. The lowest BCUT2D eigenvalue weighted by molar-refractivity contribution is -0.125. The Kier molecular flexibility index (Phi) is 6.50. The van der Waals surface area contributed by atoms with Gasteiger partial charge in [-0.05, 0) is 66.2 Å². The first kappa shape index (κ1) is 23.0. The number of nitrogens with one attached hydrogen (secondary N) is 1. The van der Waals surface area contributed by atoms with Crippen LogP contribution in [0, 0.1) is 11.7 Å². The average Bonchev–Trinajstić information content (AvgIpc) is 3.37. The van der Waals surface area contributed by atoms with Crippen LogP contribution in [0.4, 0.5) is 10.3 Å². The van der Waals surface area contributed by atoms with Crippen LogP contribution in [0.3, 0.4) is 0 Å². The zero-order valence-corrected chi connectivity index (χ0v) is 20.1. The second-order valence-corrected chi connectivity index (χ2v) is 9.43. The molecule has 9 heteroatoms. The minimum absolute atomic E-state index is 0.0298. The van der Waals surface area contributed by atoms with Crippen LogP contribution in [0.25, 0.3) is 15.9 Å². The lowest BCUT2D eigenvalue weighted by atomic mass is 9.97. The second-order valence-electron chi connectivity index (χ2n) is 8.51. The summed E-state index contributed by atoms with van der Waals surface area (Å²) in [5.41, 5.74) is 1.96. The summed E-state index contributed by atoms with van der Waals surface area (Å²) in [5, 5.41) is 4.87. The highest BCUT2D eigenvalue weighted by atomic mass is 32.1.